The minimum absolute atomic E-state index is 0.00241. The highest BCUT2D eigenvalue weighted by atomic mass is 32.1. The van der Waals surface area contributed by atoms with Crippen LogP contribution in [-0.2, 0) is 0 Å². The van der Waals surface area contributed by atoms with Gasteiger partial charge in [0.15, 0.2) is 17.3 Å². The lowest BCUT2D eigenvalue weighted by molar-refractivity contribution is 0.373. The van der Waals surface area contributed by atoms with E-state index in [1.165, 1.54) is 18.0 Å². The third-order valence-electron chi connectivity index (χ3n) is 3.56. The molecular formula is C17H16N4O3S. The molecule has 0 aliphatic rings. The molecule has 1 heterocycles. The maximum absolute atomic E-state index is 10.2. The Bertz CT molecular complexity index is 978. The van der Waals surface area contributed by atoms with Crippen LogP contribution in [0.15, 0.2) is 47.6 Å². The van der Waals surface area contributed by atoms with E-state index in [0.717, 1.165) is 5.56 Å². The maximum Gasteiger partial charge on any atom is 0.216 e. The number of hydrogen-bond acceptors (Lipinski definition) is 6. The number of aromatic nitrogens is 3. The highest BCUT2D eigenvalue weighted by molar-refractivity contribution is 7.71. The van der Waals surface area contributed by atoms with Crippen LogP contribution in [0.3, 0.4) is 0 Å². The fourth-order valence-electron chi connectivity index (χ4n) is 2.33. The van der Waals surface area contributed by atoms with Crippen LogP contribution in [-0.4, -0.2) is 40.4 Å². The van der Waals surface area contributed by atoms with Crippen LogP contribution < -0.4 is 9.47 Å². The molecule has 0 spiro atoms. The number of nitrogens with one attached hydrogen (secondary N) is 1. The smallest absolute Gasteiger partial charge is 0.216 e. The summed E-state index contributed by atoms with van der Waals surface area (Å²) in [5.74, 6) is 1.52. The Labute approximate surface area is 149 Å². The third-order valence-corrected chi connectivity index (χ3v) is 3.82. The van der Waals surface area contributed by atoms with Gasteiger partial charge in [-0.1, -0.05) is 18.2 Å². The van der Waals surface area contributed by atoms with Crippen LogP contribution in [0.25, 0.3) is 11.4 Å². The molecule has 25 heavy (non-hydrogen) atoms. The summed E-state index contributed by atoms with van der Waals surface area (Å²) in [6, 6.07) is 12.6. The largest absolute Gasteiger partial charge is 0.504 e. The van der Waals surface area contributed by atoms with Crippen molar-refractivity contribution >= 4 is 18.4 Å². The van der Waals surface area contributed by atoms with Gasteiger partial charge in [-0.25, -0.2) is 5.10 Å². The van der Waals surface area contributed by atoms with E-state index in [-0.39, 0.29) is 5.75 Å². The number of rotatable bonds is 5. The Kier molecular flexibility index (Phi) is 4.80. The number of aromatic amines is 1. The first kappa shape index (κ1) is 16.7. The molecule has 2 N–H and O–H groups in total. The van der Waals surface area contributed by atoms with Crippen molar-refractivity contribution in [2.45, 2.75) is 0 Å². The molecule has 0 fully saturated rings. The standard InChI is InChI=1S/C17H16N4O3S/c1-23-13-8-4-3-7-12(13)16-19-20-17(25)21(16)18-10-11-6-5-9-14(24-2)15(11)22/h3-10,22H,1-2H3,(H,20,25)/b18-10+. The number of para-hydroxylation sites is 2. The van der Waals surface area contributed by atoms with E-state index in [1.54, 1.807) is 25.3 Å². The molecule has 0 saturated heterocycles. The topological polar surface area (TPSA) is 84.7 Å². The number of aromatic hydroxyl groups is 1. The van der Waals surface area contributed by atoms with Crippen LogP contribution >= 0.6 is 12.2 Å². The Morgan fingerprint density at radius 1 is 1.12 bits per heavy atom. The molecule has 0 amide bonds. The molecule has 3 aromatic rings. The normalized spacial score (nSPS) is 11.0. The number of benzene rings is 2. The van der Waals surface area contributed by atoms with Gasteiger partial charge in [0, 0.05) is 5.56 Å². The lowest BCUT2D eigenvalue weighted by Crippen LogP contribution is -1.97. The zero-order valence-electron chi connectivity index (χ0n) is 13.6. The van der Waals surface area contributed by atoms with Crippen LogP contribution in [0, 0.1) is 4.77 Å². The average molecular weight is 356 g/mol. The van der Waals surface area contributed by atoms with E-state index < -0.39 is 0 Å². The van der Waals surface area contributed by atoms with Gasteiger partial charge in [0.2, 0.25) is 4.77 Å². The van der Waals surface area contributed by atoms with E-state index in [0.29, 0.717) is 27.7 Å². The fourth-order valence-corrected chi connectivity index (χ4v) is 2.51. The molecule has 0 bridgehead atoms. The molecule has 3 rings (SSSR count). The quantitative estimate of drug-likeness (QED) is 0.542. The number of nitrogens with zero attached hydrogens (tertiary/aromatic N) is 3. The molecule has 0 saturated carbocycles. The third kappa shape index (κ3) is 3.24. The first-order valence-corrected chi connectivity index (χ1v) is 7.77. The van der Waals surface area contributed by atoms with E-state index in [1.807, 2.05) is 24.3 Å². The van der Waals surface area contributed by atoms with Gasteiger partial charge in [-0.05, 0) is 36.5 Å². The van der Waals surface area contributed by atoms with Gasteiger partial charge in [-0.15, -0.1) is 0 Å². The van der Waals surface area contributed by atoms with E-state index in [4.69, 9.17) is 21.7 Å². The Morgan fingerprint density at radius 3 is 2.60 bits per heavy atom. The second kappa shape index (κ2) is 7.18. The molecule has 0 unspecified atom stereocenters. The van der Waals surface area contributed by atoms with Crippen molar-refractivity contribution in [1.29, 1.82) is 0 Å². The molecule has 7 nitrogen and oxygen atoms in total. The molecule has 0 radical (unpaired) electrons. The lowest BCUT2D eigenvalue weighted by Gasteiger charge is -2.07. The number of phenols is 1. The molecule has 0 aliphatic carbocycles. The molecule has 1 aromatic heterocycles. The highest BCUT2D eigenvalue weighted by Gasteiger charge is 2.13. The Balaban J connectivity index is 2.05. The van der Waals surface area contributed by atoms with Crippen molar-refractivity contribution in [3.05, 3.63) is 52.8 Å². The van der Waals surface area contributed by atoms with Gasteiger partial charge in [0.1, 0.15) is 5.75 Å². The van der Waals surface area contributed by atoms with Crippen LogP contribution in [0.4, 0.5) is 0 Å². The number of methoxy groups -OCH3 is 2. The molecule has 0 atom stereocenters. The number of hydrogen-bond donors (Lipinski definition) is 2. The van der Waals surface area contributed by atoms with Crippen molar-refractivity contribution < 1.29 is 14.6 Å². The van der Waals surface area contributed by atoms with Gasteiger partial charge in [-0.3, -0.25) is 0 Å². The van der Waals surface area contributed by atoms with E-state index in [9.17, 15) is 5.11 Å². The lowest BCUT2D eigenvalue weighted by atomic mass is 10.2. The summed E-state index contributed by atoms with van der Waals surface area (Å²) >= 11 is 5.25. The maximum atomic E-state index is 10.2. The van der Waals surface area contributed by atoms with Gasteiger partial charge in [-0.2, -0.15) is 14.9 Å². The summed E-state index contributed by atoms with van der Waals surface area (Å²) in [7, 11) is 3.07. The summed E-state index contributed by atoms with van der Waals surface area (Å²) in [4.78, 5) is 0. The monoisotopic (exact) mass is 356 g/mol. The highest BCUT2D eigenvalue weighted by Crippen LogP contribution is 2.29. The second-order valence-corrected chi connectivity index (χ2v) is 5.39. The summed E-state index contributed by atoms with van der Waals surface area (Å²) in [6.07, 6.45) is 1.49. The molecule has 128 valence electrons. The van der Waals surface area contributed by atoms with Gasteiger partial charge in [0.05, 0.1) is 26.0 Å². The van der Waals surface area contributed by atoms with Crippen molar-refractivity contribution in [2.75, 3.05) is 14.2 Å². The van der Waals surface area contributed by atoms with E-state index >= 15 is 0 Å². The number of H-pyrrole nitrogens is 1. The SMILES string of the molecule is COc1ccccc1-c1n[nH]c(=S)n1/N=C/c1cccc(OC)c1O. The molecular weight excluding hydrogens is 340 g/mol. The van der Waals surface area contributed by atoms with Crippen molar-refractivity contribution in [1.82, 2.24) is 14.9 Å². The molecule has 8 heteroatoms. The van der Waals surface area contributed by atoms with Crippen LogP contribution in [0.2, 0.25) is 0 Å². The zero-order valence-corrected chi connectivity index (χ0v) is 14.4. The van der Waals surface area contributed by atoms with Crippen molar-refractivity contribution in [2.24, 2.45) is 5.10 Å². The van der Waals surface area contributed by atoms with Gasteiger partial charge >= 0.3 is 0 Å². The fraction of sp³-hybridized carbons (Fsp3) is 0.118. The average Bonchev–Trinajstić information content (AvgIpc) is 3.01. The van der Waals surface area contributed by atoms with Crippen molar-refractivity contribution in [3.63, 3.8) is 0 Å². The summed E-state index contributed by atoms with van der Waals surface area (Å²) in [6.45, 7) is 0. The first-order valence-electron chi connectivity index (χ1n) is 7.37. The number of ether oxygens (including phenoxy) is 2. The predicted octanol–water partition coefficient (Wildman–Crippen LogP) is 3.21. The minimum atomic E-state index is 0.00241. The summed E-state index contributed by atoms with van der Waals surface area (Å²) in [5, 5.41) is 21.5. The minimum Gasteiger partial charge on any atom is -0.504 e. The second-order valence-electron chi connectivity index (χ2n) is 5.01. The number of phenolic OH excluding ortho intramolecular Hbond substituents is 1. The van der Waals surface area contributed by atoms with E-state index in [2.05, 4.69) is 15.3 Å². The van der Waals surface area contributed by atoms with Gasteiger partial charge in [0.25, 0.3) is 0 Å². The van der Waals surface area contributed by atoms with Gasteiger partial charge < -0.3 is 14.6 Å². The summed E-state index contributed by atoms with van der Waals surface area (Å²) in [5.41, 5.74) is 1.23. The van der Waals surface area contributed by atoms with Crippen LogP contribution in [0.5, 0.6) is 17.2 Å². The molecule has 2 aromatic carbocycles. The van der Waals surface area contributed by atoms with Crippen molar-refractivity contribution in [3.8, 4) is 28.6 Å². The molecule has 0 aliphatic heterocycles. The Morgan fingerprint density at radius 2 is 1.84 bits per heavy atom. The first-order chi connectivity index (χ1) is 12.2. The predicted molar refractivity (Wildman–Crippen MR) is 97.1 cm³/mol. The van der Waals surface area contributed by atoms with Crippen LogP contribution in [0.1, 0.15) is 5.56 Å². The summed E-state index contributed by atoms with van der Waals surface area (Å²) < 4.78 is 12.2. The zero-order chi connectivity index (χ0) is 17.8. The Hall–Kier alpha value is -3.13.